The quantitative estimate of drug-likeness (QED) is 0.866. The summed E-state index contributed by atoms with van der Waals surface area (Å²) in [4.78, 5) is 20.8. The number of likely N-dealkylation sites (tertiary alicyclic amines) is 1. The number of hydrogen-bond donors (Lipinski definition) is 1. The maximum Gasteiger partial charge on any atom is 0.471 e. The van der Waals surface area contributed by atoms with E-state index >= 15 is 0 Å². The summed E-state index contributed by atoms with van der Waals surface area (Å²) >= 11 is 0. The van der Waals surface area contributed by atoms with Crippen molar-refractivity contribution in [2.45, 2.75) is 31.9 Å². The zero-order chi connectivity index (χ0) is 20.3. The van der Waals surface area contributed by atoms with Gasteiger partial charge in [-0.05, 0) is 55.5 Å². The molecule has 0 unspecified atom stereocenters. The number of pyridine rings is 2. The van der Waals surface area contributed by atoms with E-state index in [1.165, 1.54) is 6.20 Å². The van der Waals surface area contributed by atoms with Gasteiger partial charge in [0.25, 0.3) is 0 Å². The lowest BCUT2D eigenvalue weighted by Crippen LogP contribution is -2.45. The Labute approximate surface area is 160 Å². The topological polar surface area (TPSA) is 81.9 Å². The second-order valence-electron chi connectivity index (χ2n) is 6.66. The molecule has 0 radical (unpaired) electrons. The largest absolute Gasteiger partial charge is 0.471 e. The van der Waals surface area contributed by atoms with E-state index in [1.807, 2.05) is 25.1 Å². The molecule has 1 saturated heterocycles. The molecule has 6 nitrogen and oxygen atoms in total. The summed E-state index contributed by atoms with van der Waals surface area (Å²) in [6, 6.07) is 8.97. The predicted octanol–water partition coefficient (Wildman–Crippen LogP) is 3.67. The lowest BCUT2D eigenvalue weighted by molar-refractivity contribution is -0.186. The van der Waals surface area contributed by atoms with E-state index in [0.29, 0.717) is 30.0 Å². The molecule has 0 aliphatic carbocycles. The molecule has 146 valence electrons. The molecule has 2 aromatic heterocycles. The van der Waals surface area contributed by atoms with Gasteiger partial charge in [-0.2, -0.15) is 18.4 Å². The number of nitrogens with one attached hydrogen (secondary N) is 1. The number of nitrogens with zero attached hydrogens (tertiary/aromatic N) is 4. The van der Waals surface area contributed by atoms with Crippen molar-refractivity contribution in [2.24, 2.45) is 0 Å². The maximum atomic E-state index is 12.6. The van der Waals surface area contributed by atoms with Gasteiger partial charge in [0, 0.05) is 25.0 Å². The number of rotatable bonds is 3. The summed E-state index contributed by atoms with van der Waals surface area (Å²) < 4.78 is 37.8. The van der Waals surface area contributed by atoms with Crippen molar-refractivity contribution < 1.29 is 18.0 Å². The molecule has 0 spiro atoms. The van der Waals surface area contributed by atoms with Crippen LogP contribution in [0, 0.1) is 18.3 Å². The Kier molecular flexibility index (Phi) is 5.49. The van der Waals surface area contributed by atoms with Gasteiger partial charge < -0.3 is 10.2 Å². The Balaban J connectivity index is 1.72. The van der Waals surface area contributed by atoms with Crippen LogP contribution in [0.2, 0.25) is 0 Å². The van der Waals surface area contributed by atoms with E-state index in [4.69, 9.17) is 5.26 Å². The molecule has 2 aromatic rings. The van der Waals surface area contributed by atoms with Crippen molar-refractivity contribution in [2.75, 3.05) is 18.4 Å². The zero-order valence-electron chi connectivity index (χ0n) is 15.1. The van der Waals surface area contributed by atoms with Gasteiger partial charge in [0.1, 0.15) is 11.6 Å². The molecule has 0 atom stereocenters. The number of carbonyl (C=O) groups excluding carboxylic acids is 1. The van der Waals surface area contributed by atoms with Crippen LogP contribution >= 0.6 is 0 Å². The third-order valence-corrected chi connectivity index (χ3v) is 4.62. The molecule has 28 heavy (non-hydrogen) atoms. The number of piperidine rings is 1. The van der Waals surface area contributed by atoms with Crippen LogP contribution in [0.1, 0.15) is 35.6 Å². The highest BCUT2D eigenvalue weighted by atomic mass is 19.4. The molecule has 0 saturated carbocycles. The van der Waals surface area contributed by atoms with Gasteiger partial charge in [-0.1, -0.05) is 0 Å². The first-order valence-corrected chi connectivity index (χ1v) is 8.74. The SMILES string of the molecule is Cc1cc(C2CCN(C(=O)C(F)(F)F)CC2)cc(Nc2cc(C#N)ccn2)n1. The number of anilines is 2. The Morgan fingerprint density at radius 2 is 1.96 bits per heavy atom. The minimum absolute atomic E-state index is 0.0398. The van der Waals surface area contributed by atoms with Crippen LogP contribution in [0.25, 0.3) is 0 Å². The van der Waals surface area contributed by atoms with Crippen molar-refractivity contribution in [1.82, 2.24) is 14.9 Å². The molecule has 1 aliphatic heterocycles. The number of alkyl halides is 3. The van der Waals surface area contributed by atoms with Gasteiger partial charge in [-0.3, -0.25) is 4.79 Å². The average molecular weight is 389 g/mol. The van der Waals surface area contributed by atoms with Crippen molar-refractivity contribution in [3.63, 3.8) is 0 Å². The van der Waals surface area contributed by atoms with Gasteiger partial charge in [0.15, 0.2) is 0 Å². The van der Waals surface area contributed by atoms with Crippen LogP contribution in [0.15, 0.2) is 30.5 Å². The summed E-state index contributed by atoms with van der Waals surface area (Å²) in [7, 11) is 0. The van der Waals surface area contributed by atoms with Crippen LogP contribution in [-0.2, 0) is 4.79 Å². The Morgan fingerprint density at radius 1 is 1.25 bits per heavy atom. The smallest absolute Gasteiger partial charge is 0.335 e. The van der Waals surface area contributed by atoms with Gasteiger partial charge in [-0.15, -0.1) is 0 Å². The van der Waals surface area contributed by atoms with E-state index in [1.54, 1.807) is 12.1 Å². The Morgan fingerprint density at radius 3 is 2.61 bits per heavy atom. The molecule has 3 rings (SSSR count). The normalized spacial score (nSPS) is 15.2. The fourth-order valence-corrected chi connectivity index (χ4v) is 3.29. The highest BCUT2D eigenvalue weighted by molar-refractivity contribution is 5.81. The minimum Gasteiger partial charge on any atom is -0.335 e. The first-order valence-electron chi connectivity index (χ1n) is 8.74. The number of hydrogen-bond acceptors (Lipinski definition) is 5. The van der Waals surface area contributed by atoms with Crippen LogP contribution in [0.5, 0.6) is 0 Å². The van der Waals surface area contributed by atoms with Crippen molar-refractivity contribution in [1.29, 1.82) is 5.26 Å². The van der Waals surface area contributed by atoms with E-state index < -0.39 is 12.1 Å². The molecule has 1 N–H and O–H groups in total. The van der Waals surface area contributed by atoms with Crippen LogP contribution < -0.4 is 5.32 Å². The Hall–Kier alpha value is -3.15. The van der Waals surface area contributed by atoms with E-state index in [-0.39, 0.29) is 19.0 Å². The number of carbonyl (C=O) groups is 1. The van der Waals surface area contributed by atoms with Gasteiger partial charge >= 0.3 is 12.1 Å². The molecular formula is C19H18F3N5O. The predicted molar refractivity (Wildman–Crippen MR) is 95.8 cm³/mol. The highest BCUT2D eigenvalue weighted by Crippen LogP contribution is 2.32. The highest BCUT2D eigenvalue weighted by Gasteiger charge is 2.43. The van der Waals surface area contributed by atoms with E-state index in [9.17, 15) is 18.0 Å². The van der Waals surface area contributed by atoms with E-state index in [0.717, 1.165) is 16.2 Å². The molecular weight excluding hydrogens is 371 g/mol. The van der Waals surface area contributed by atoms with Crippen molar-refractivity contribution in [3.8, 4) is 6.07 Å². The summed E-state index contributed by atoms with van der Waals surface area (Å²) in [6.07, 6.45) is -2.41. The minimum atomic E-state index is -4.83. The van der Waals surface area contributed by atoms with Gasteiger partial charge in [-0.25, -0.2) is 9.97 Å². The Bertz CT molecular complexity index is 915. The van der Waals surface area contributed by atoms with Crippen LogP contribution in [0.4, 0.5) is 24.8 Å². The molecule has 9 heteroatoms. The summed E-state index contributed by atoms with van der Waals surface area (Å²) in [5.41, 5.74) is 2.17. The van der Waals surface area contributed by atoms with Crippen LogP contribution in [-0.4, -0.2) is 40.0 Å². The molecule has 3 heterocycles. The monoisotopic (exact) mass is 389 g/mol. The maximum absolute atomic E-state index is 12.6. The first-order chi connectivity index (χ1) is 13.3. The van der Waals surface area contributed by atoms with Crippen molar-refractivity contribution in [3.05, 3.63) is 47.3 Å². The van der Waals surface area contributed by atoms with Gasteiger partial charge in [0.05, 0.1) is 11.6 Å². The number of amides is 1. The molecule has 1 aliphatic rings. The second kappa shape index (κ2) is 7.84. The number of aromatic nitrogens is 2. The third-order valence-electron chi connectivity index (χ3n) is 4.62. The number of nitriles is 1. The van der Waals surface area contributed by atoms with Gasteiger partial charge in [0.2, 0.25) is 0 Å². The first kappa shape index (κ1) is 19.6. The lowest BCUT2D eigenvalue weighted by Gasteiger charge is -2.32. The van der Waals surface area contributed by atoms with Crippen molar-refractivity contribution >= 4 is 17.5 Å². The average Bonchev–Trinajstić information content (AvgIpc) is 2.66. The second-order valence-corrected chi connectivity index (χ2v) is 6.66. The molecule has 0 bridgehead atoms. The zero-order valence-corrected chi connectivity index (χ0v) is 15.1. The third kappa shape index (κ3) is 4.57. The number of aryl methyl sites for hydroxylation is 1. The summed E-state index contributed by atoms with van der Waals surface area (Å²) in [5, 5.41) is 12.0. The molecule has 1 fully saturated rings. The van der Waals surface area contributed by atoms with E-state index in [2.05, 4.69) is 15.3 Å². The fourth-order valence-electron chi connectivity index (χ4n) is 3.29. The molecule has 0 aromatic carbocycles. The summed E-state index contributed by atoms with van der Waals surface area (Å²) in [6.45, 7) is 1.97. The summed E-state index contributed by atoms with van der Waals surface area (Å²) in [5.74, 6) is -0.708. The molecule has 1 amide bonds. The standard InChI is InChI=1S/C19H18F3N5O/c1-12-8-15(14-3-6-27(7-4-14)18(28)19(20,21)22)10-17(25-12)26-16-9-13(11-23)2-5-24-16/h2,5,8-10,14H,3-4,6-7H2,1H3,(H,24,25,26). The number of halogens is 3. The lowest BCUT2D eigenvalue weighted by atomic mass is 9.89. The fraction of sp³-hybridized carbons (Fsp3) is 0.368. The van der Waals surface area contributed by atoms with Crippen LogP contribution in [0.3, 0.4) is 0 Å².